The fraction of sp³-hybridized carbons (Fsp3) is 0.421. The number of hydrogen-bond acceptors (Lipinski definition) is 4. The van der Waals surface area contributed by atoms with E-state index in [1.165, 1.54) is 0 Å². The Morgan fingerprint density at radius 3 is 2.21 bits per heavy atom. The van der Waals surface area contributed by atoms with Crippen molar-refractivity contribution >= 4 is 17.7 Å². The molecule has 1 unspecified atom stereocenters. The molecular formula is C19H23NO4. The SMILES string of the molecule is CC1=C(C(C)CNC(=O)OC(C)(C)C)C(=O)c2ccccc2C1=O. The van der Waals surface area contributed by atoms with Gasteiger partial charge in [0.05, 0.1) is 0 Å². The molecule has 0 aliphatic heterocycles. The first-order valence-corrected chi connectivity index (χ1v) is 7.98. The van der Waals surface area contributed by atoms with Gasteiger partial charge in [-0.15, -0.1) is 0 Å². The highest BCUT2D eigenvalue weighted by atomic mass is 16.6. The minimum Gasteiger partial charge on any atom is -0.444 e. The summed E-state index contributed by atoms with van der Waals surface area (Å²) in [5.74, 6) is -0.576. The lowest BCUT2D eigenvalue weighted by Crippen LogP contribution is -2.36. The number of ketones is 2. The molecule has 0 heterocycles. The van der Waals surface area contributed by atoms with E-state index in [-0.39, 0.29) is 24.0 Å². The second kappa shape index (κ2) is 6.59. The van der Waals surface area contributed by atoms with Crippen LogP contribution in [0.25, 0.3) is 0 Å². The number of Topliss-reactive ketones (excluding diaryl/α,β-unsaturated/α-hetero) is 2. The predicted octanol–water partition coefficient (Wildman–Crippen LogP) is 3.54. The van der Waals surface area contributed by atoms with Crippen molar-refractivity contribution in [2.24, 2.45) is 5.92 Å². The van der Waals surface area contributed by atoms with Gasteiger partial charge in [0.2, 0.25) is 0 Å². The molecule has 2 rings (SSSR count). The molecule has 1 N–H and O–H groups in total. The Morgan fingerprint density at radius 1 is 1.12 bits per heavy atom. The Kier molecular flexibility index (Phi) is 4.92. The second-order valence-corrected chi connectivity index (χ2v) is 7.03. The number of rotatable bonds is 3. The zero-order valence-electron chi connectivity index (χ0n) is 14.7. The standard InChI is InChI=1S/C19H23NO4/c1-11(10-20-18(23)24-19(3,4)5)15-12(2)16(21)13-8-6-7-9-14(13)17(15)22/h6-9,11H,10H2,1-5H3,(H,20,23). The van der Waals surface area contributed by atoms with Gasteiger partial charge in [0, 0.05) is 34.7 Å². The number of nitrogens with one attached hydrogen (secondary N) is 1. The fourth-order valence-corrected chi connectivity index (χ4v) is 2.76. The van der Waals surface area contributed by atoms with Gasteiger partial charge >= 0.3 is 6.09 Å². The average molecular weight is 329 g/mol. The predicted molar refractivity (Wildman–Crippen MR) is 91.2 cm³/mol. The van der Waals surface area contributed by atoms with Gasteiger partial charge in [-0.1, -0.05) is 31.2 Å². The minimum atomic E-state index is -0.585. The number of hydrogen-bond donors (Lipinski definition) is 1. The van der Waals surface area contributed by atoms with Gasteiger partial charge in [-0.25, -0.2) is 4.79 Å². The molecule has 0 fully saturated rings. The van der Waals surface area contributed by atoms with Gasteiger partial charge in [-0.3, -0.25) is 9.59 Å². The molecular weight excluding hydrogens is 306 g/mol. The van der Waals surface area contributed by atoms with Gasteiger partial charge in [-0.2, -0.15) is 0 Å². The zero-order chi connectivity index (χ0) is 18.1. The van der Waals surface area contributed by atoms with E-state index in [4.69, 9.17) is 4.74 Å². The van der Waals surface area contributed by atoms with Crippen LogP contribution in [0, 0.1) is 5.92 Å². The highest BCUT2D eigenvalue weighted by molar-refractivity contribution is 6.26. The Labute approximate surface area is 142 Å². The third kappa shape index (κ3) is 3.72. The number of carbonyl (C=O) groups is 3. The van der Waals surface area contributed by atoms with Crippen LogP contribution in [0.5, 0.6) is 0 Å². The van der Waals surface area contributed by atoms with E-state index >= 15 is 0 Å². The molecule has 1 aromatic carbocycles. The summed E-state index contributed by atoms with van der Waals surface area (Å²) >= 11 is 0. The molecule has 1 aliphatic rings. The third-order valence-corrected chi connectivity index (χ3v) is 3.85. The lowest BCUT2D eigenvalue weighted by Gasteiger charge is -2.24. The summed E-state index contributed by atoms with van der Waals surface area (Å²) in [5.41, 5.74) is 1.17. The van der Waals surface area contributed by atoms with Crippen molar-refractivity contribution < 1.29 is 19.1 Å². The molecule has 0 radical (unpaired) electrons. The molecule has 24 heavy (non-hydrogen) atoms. The van der Waals surface area contributed by atoms with E-state index in [0.29, 0.717) is 22.3 Å². The molecule has 0 saturated carbocycles. The Morgan fingerprint density at radius 2 is 1.67 bits per heavy atom. The van der Waals surface area contributed by atoms with Crippen LogP contribution in [0.4, 0.5) is 4.79 Å². The average Bonchev–Trinajstić information content (AvgIpc) is 2.49. The van der Waals surface area contributed by atoms with E-state index in [1.807, 2.05) is 6.92 Å². The van der Waals surface area contributed by atoms with Gasteiger partial charge < -0.3 is 10.1 Å². The van der Waals surface area contributed by atoms with Crippen LogP contribution in [0.1, 0.15) is 55.3 Å². The summed E-state index contributed by atoms with van der Waals surface area (Å²) < 4.78 is 5.19. The van der Waals surface area contributed by atoms with Crippen LogP contribution in [-0.4, -0.2) is 29.8 Å². The van der Waals surface area contributed by atoms with Crippen LogP contribution in [0.15, 0.2) is 35.4 Å². The lowest BCUT2D eigenvalue weighted by atomic mass is 9.80. The molecule has 0 bridgehead atoms. The first kappa shape index (κ1) is 17.9. The van der Waals surface area contributed by atoms with Crippen LogP contribution in [0.3, 0.4) is 0 Å². The van der Waals surface area contributed by atoms with Crippen molar-refractivity contribution in [3.63, 3.8) is 0 Å². The summed E-state index contributed by atoms with van der Waals surface area (Å²) in [6, 6.07) is 6.82. The molecule has 0 spiro atoms. The number of carbonyl (C=O) groups excluding carboxylic acids is 3. The highest BCUT2D eigenvalue weighted by Crippen LogP contribution is 2.30. The highest BCUT2D eigenvalue weighted by Gasteiger charge is 2.32. The number of ether oxygens (including phenoxy) is 1. The Balaban J connectivity index is 2.16. The number of allylic oxidation sites excluding steroid dienone is 1. The molecule has 1 aromatic rings. The van der Waals surface area contributed by atoms with Crippen molar-refractivity contribution in [2.75, 3.05) is 6.54 Å². The topological polar surface area (TPSA) is 72.5 Å². The van der Waals surface area contributed by atoms with Crippen molar-refractivity contribution in [3.05, 3.63) is 46.5 Å². The maximum atomic E-state index is 12.7. The van der Waals surface area contributed by atoms with Crippen LogP contribution in [0.2, 0.25) is 0 Å². The summed E-state index contributed by atoms with van der Waals surface area (Å²) in [6.45, 7) is 9.04. The maximum Gasteiger partial charge on any atom is 0.407 e. The van der Waals surface area contributed by atoms with E-state index in [0.717, 1.165) is 0 Å². The molecule has 0 aromatic heterocycles. The minimum absolute atomic E-state index is 0.135. The smallest absolute Gasteiger partial charge is 0.407 e. The van der Waals surface area contributed by atoms with Gasteiger partial charge in [0.15, 0.2) is 11.6 Å². The van der Waals surface area contributed by atoms with Gasteiger partial charge in [-0.05, 0) is 27.7 Å². The molecule has 0 saturated heterocycles. The van der Waals surface area contributed by atoms with E-state index in [2.05, 4.69) is 5.32 Å². The van der Waals surface area contributed by atoms with Gasteiger partial charge in [0.1, 0.15) is 5.60 Å². The first-order chi connectivity index (χ1) is 11.1. The third-order valence-electron chi connectivity index (χ3n) is 3.85. The maximum absolute atomic E-state index is 12.7. The van der Waals surface area contributed by atoms with Gasteiger partial charge in [0.25, 0.3) is 0 Å². The normalized spacial score (nSPS) is 15.9. The monoisotopic (exact) mass is 329 g/mol. The summed E-state index contributed by atoms with van der Waals surface area (Å²) in [5, 5.41) is 2.66. The lowest BCUT2D eigenvalue weighted by molar-refractivity contribution is 0.0521. The molecule has 128 valence electrons. The summed E-state index contributed by atoms with van der Waals surface area (Å²) in [7, 11) is 0. The van der Waals surface area contributed by atoms with Crippen LogP contribution >= 0.6 is 0 Å². The first-order valence-electron chi connectivity index (χ1n) is 7.98. The molecule has 1 atom stereocenters. The molecule has 5 heteroatoms. The summed E-state index contributed by atoms with van der Waals surface area (Å²) in [6.07, 6.45) is -0.539. The molecule has 1 aliphatic carbocycles. The van der Waals surface area contributed by atoms with E-state index < -0.39 is 11.7 Å². The number of alkyl carbamates (subject to hydrolysis) is 1. The number of amides is 1. The largest absolute Gasteiger partial charge is 0.444 e. The van der Waals surface area contributed by atoms with Crippen molar-refractivity contribution in [1.29, 1.82) is 0 Å². The van der Waals surface area contributed by atoms with Crippen molar-refractivity contribution in [2.45, 2.75) is 40.2 Å². The number of fused-ring (bicyclic) bond motifs is 1. The van der Waals surface area contributed by atoms with Crippen molar-refractivity contribution in [1.82, 2.24) is 5.32 Å². The van der Waals surface area contributed by atoms with E-state index in [9.17, 15) is 14.4 Å². The van der Waals surface area contributed by atoms with E-state index in [1.54, 1.807) is 52.0 Å². The van der Waals surface area contributed by atoms with Crippen LogP contribution in [-0.2, 0) is 4.74 Å². The Bertz CT molecular complexity index is 725. The zero-order valence-corrected chi connectivity index (χ0v) is 14.7. The Hall–Kier alpha value is -2.43. The quantitative estimate of drug-likeness (QED) is 0.920. The molecule has 1 amide bonds. The van der Waals surface area contributed by atoms with Crippen molar-refractivity contribution in [3.8, 4) is 0 Å². The molecule has 5 nitrogen and oxygen atoms in total. The number of benzene rings is 1. The summed E-state index contributed by atoms with van der Waals surface area (Å²) in [4.78, 5) is 37.0. The van der Waals surface area contributed by atoms with Crippen LogP contribution < -0.4 is 5.32 Å². The fourth-order valence-electron chi connectivity index (χ4n) is 2.76. The second-order valence-electron chi connectivity index (χ2n) is 7.03.